The number of carbonyl (C=O) groups excluding carboxylic acids is 1. The normalized spacial score (nSPS) is 15.7. The topological polar surface area (TPSA) is 81.2 Å². The lowest BCUT2D eigenvalue weighted by molar-refractivity contribution is 0.0939. The van der Waals surface area contributed by atoms with Crippen LogP contribution in [-0.4, -0.2) is 17.1 Å². The summed E-state index contributed by atoms with van der Waals surface area (Å²) in [5.74, 6) is -0.129. The highest BCUT2D eigenvalue weighted by Crippen LogP contribution is 2.34. The van der Waals surface area contributed by atoms with Crippen molar-refractivity contribution in [2.75, 3.05) is 5.73 Å². The van der Waals surface area contributed by atoms with Gasteiger partial charge in [0.1, 0.15) is 11.3 Å². The zero-order chi connectivity index (χ0) is 14.1. The minimum absolute atomic E-state index is 0.0695. The predicted molar refractivity (Wildman–Crippen MR) is 81.7 cm³/mol. The second kappa shape index (κ2) is 5.57. The fraction of sp³-hybridized carbons (Fsp3) is 0.385. The third kappa shape index (κ3) is 2.60. The van der Waals surface area contributed by atoms with E-state index < -0.39 is 0 Å². The Labute approximate surface area is 128 Å². The van der Waals surface area contributed by atoms with Gasteiger partial charge in [-0.15, -0.1) is 11.3 Å². The van der Waals surface area contributed by atoms with Crippen LogP contribution in [0.15, 0.2) is 20.4 Å². The van der Waals surface area contributed by atoms with Crippen LogP contribution in [0.5, 0.6) is 0 Å². The van der Waals surface area contributed by atoms with Crippen molar-refractivity contribution in [1.29, 1.82) is 0 Å². The number of nitrogens with one attached hydrogen (secondary N) is 1. The van der Waals surface area contributed by atoms with Crippen molar-refractivity contribution in [2.45, 2.75) is 31.7 Å². The van der Waals surface area contributed by atoms with E-state index in [0.29, 0.717) is 11.3 Å². The molecule has 1 saturated carbocycles. The number of hydrogen-bond acceptors (Lipinski definition) is 5. The van der Waals surface area contributed by atoms with Crippen molar-refractivity contribution >= 4 is 39.1 Å². The minimum Gasteiger partial charge on any atom is -0.367 e. The summed E-state index contributed by atoms with van der Waals surface area (Å²) in [7, 11) is 0. The Balaban J connectivity index is 1.88. The Morgan fingerprint density at radius 2 is 2.20 bits per heavy atom. The largest absolute Gasteiger partial charge is 0.367 e. The number of halogens is 1. The molecule has 7 heteroatoms. The molecule has 0 unspecified atom stereocenters. The van der Waals surface area contributed by atoms with Crippen LogP contribution in [0, 0.1) is 0 Å². The molecule has 0 atom stereocenters. The molecule has 2 heterocycles. The second-order valence-electron chi connectivity index (χ2n) is 4.83. The van der Waals surface area contributed by atoms with Crippen LogP contribution in [-0.2, 0) is 0 Å². The highest BCUT2D eigenvalue weighted by atomic mass is 79.9. The number of anilines is 1. The van der Waals surface area contributed by atoms with Crippen LogP contribution in [0.25, 0.3) is 10.6 Å². The van der Waals surface area contributed by atoms with Crippen molar-refractivity contribution in [1.82, 2.24) is 10.5 Å². The smallest absolute Gasteiger partial charge is 0.259 e. The van der Waals surface area contributed by atoms with Gasteiger partial charge in [-0.3, -0.25) is 4.79 Å². The van der Waals surface area contributed by atoms with Gasteiger partial charge in [0.15, 0.2) is 0 Å². The first-order valence-electron chi connectivity index (χ1n) is 6.47. The van der Waals surface area contributed by atoms with E-state index in [0.717, 1.165) is 34.3 Å². The van der Waals surface area contributed by atoms with Gasteiger partial charge in [-0.2, -0.15) is 0 Å². The average molecular weight is 356 g/mol. The lowest BCUT2D eigenvalue weighted by Gasteiger charge is -2.11. The summed E-state index contributed by atoms with van der Waals surface area (Å²) in [6.45, 7) is 0. The van der Waals surface area contributed by atoms with E-state index in [-0.39, 0.29) is 17.8 Å². The molecule has 1 aliphatic rings. The number of nitrogens with two attached hydrogens (primary N) is 1. The lowest BCUT2D eigenvalue weighted by atomic mass is 10.1. The molecule has 3 rings (SSSR count). The molecule has 0 bridgehead atoms. The molecular weight excluding hydrogens is 342 g/mol. The second-order valence-corrected chi connectivity index (χ2v) is 7.29. The Bertz CT molecular complexity index is 631. The van der Waals surface area contributed by atoms with Crippen LogP contribution in [0.2, 0.25) is 0 Å². The van der Waals surface area contributed by atoms with Crippen LogP contribution in [0.1, 0.15) is 36.0 Å². The van der Waals surface area contributed by atoms with Gasteiger partial charge in [0.25, 0.3) is 5.91 Å². The van der Waals surface area contributed by atoms with Crippen molar-refractivity contribution in [3.8, 4) is 10.6 Å². The summed E-state index contributed by atoms with van der Waals surface area (Å²) in [4.78, 5) is 13.2. The molecule has 1 fully saturated rings. The molecule has 2 aromatic heterocycles. The zero-order valence-corrected chi connectivity index (χ0v) is 13.1. The van der Waals surface area contributed by atoms with E-state index in [4.69, 9.17) is 10.3 Å². The van der Waals surface area contributed by atoms with Gasteiger partial charge in [-0.05, 0) is 40.9 Å². The standard InChI is InChI=1S/C13H14BrN3O2S/c14-9-6-5-8(20-9)11-10(12(15)19-17-11)13(18)16-7-3-1-2-4-7/h5-7H,1-4,15H2,(H,16,18). The fourth-order valence-electron chi connectivity index (χ4n) is 2.46. The van der Waals surface area contributed by atoms with Gasteiger partial charge < -0.3 is 15.6 Å². The number of hydrogen-bond donors (Lipinski definition) is 2. The van der Waals surface area contributed by atoms with Crippen molar-refractivity contribution in [3.63, 3.8) is 0 Å². The summed E-state index contributed by atoms with van der Waals surface area (Å²) in [5.41, 5.74) is 6.61. The Morgan fingerprint density at radius 3 is 2.85 bits per heavy atom. The summed E-state index contributed by atoms with van der Waals surface area (Å²) in [5, 5.41) is 6.94. The summed E-state index contributed by atoms with van der Waals surface area (Å²) in [6.07, 6.45) is 4.37. The van der Waals surface area contributed by atoms with E-state index in [1.54, 1.807) is 0 Å². The Morgan fingerprint density at radius 1 is 1.45 bits per heavy atom. The number of carbonyl (C=O) groups is 1. The van der Waals surface area contributed by atoms with Gasteiger partial charge >= 0.3 is 0 Å². The van der Waals surface area contributed by atoms with E-state index in [1.165, 1.54) is 11.3 Å². The van der Waals surface area contributed by atoms with Gasteiger partial charge in [-0.1, -0.05) is 18.0 Å². The molecule has 20 heavy (non-hydrogen) atoms. The fourth-order valence-corrected chi connectivity index (χ4v) is 3.83. The van der Waals surface area contributed by atoms with Crippen LogP contribution in [0.3, 0.4) is 0 Å². The molecule has 0 saturated heterocycles. The van der Waals surface area contributed by atoms with E-state index in [1.807, 2.05) is 12.1 Å². The maximum Gasteiger partial charge on any atom is 0.259 e. The molecule has 5 nitrogen and oxygen atoms in total. The maximum atomic E-state index is 12.4. The highest BCUT2D eigenvalue weighted by Gasteiger charge is 2.26. The molecule has 0 spiro atoms. The van der Waals surface area contributed by atoms with Crippen molar-refractivity contribution in [3.05, 3.63) is 21.5 Å². The predicted octanol–water partition coefficient (Wildman–Crippen LogP) is 3.42. The SMILES string of the molecule is Nc1onc(-c2ccc(Br)s2)c1C(=O)NC1CCCC1. The first kappa shape index (κ1) is 13.6. The minimum atomic E-state index is -0.199. The van der Waals surface area contributed by atoms with E-state index in [2.05, 4.69) is 26.4 Å². The first-order valence-corrected chi connectivity index (χ1v) is 8.08. The quantitative estimate of drug-likeness (QED) is 0.883. The molecule has 1 aliphatic carbocycles. The third-order valence-corrected chi connectivity index (χ3v) is 5.07. The van der Waals surface area contributed by atoms with Crippen molar-refractivity contribution in [2.24, 2.45) is 0 Å². The van der Waals surface area contributed by atoms with Crippen LogP contribution >= 0.6 is 27.3 Å². The molecule has 0 radical (unpaired) electrons. The monoisotopic (exact) mass is 355 g/mol. The number of nitrogen functional groups attached to an aromatic ring is 1. The molecular formula is C13H14BrN3O2S. The molecule has 1 amide bonds. The Kier molecular flexibility index (Phi) is 3.80. The van der Waals surface area contributed by atoms with E-state index in [9.17, 15) is 4.79 Å². The van der Waals surface area contributed by atoms with E-state index >= 15 is 0 Å². The van der Waals surface area contributed by atoms with Gasteiger partial charge in [0.05, 0.1) is 8.66 Å². The summed E-state index contributed by atoms with van der Waals surface area (Å²) in [6, 6.07) is 4.03. The molecule has 3 N–H and O–H groups in total. The first-order chi connectivity index (χ1) is 9.65. The van der Waals surface area contributed by atoms with Crippen LogP contribution in [0.4, 0.5) is 5.88 Å². The summed E-state index contributed by atoms with van der Waals surface area (Å²) >= 11 is 4.88. The third-order valence-electron chi connectivity index (χ3n) is 3.44. The van der Waals surface area contributed by atoms with Crippen LogP contribution < -0.4 is 11.1 Å². The molecule has 0 aromatic carbocycles. The number of rotatable bonds is 3. The number of aromatic nitrogens is 1. The summed E-state index contributed by atoms with van der Waals surface area (Å²) < 4.78 is 5.97. The Hall–Kier alpha value is -1.34. The van der Waals surface area contributed by atoms with Gasteiger partial charge in [0, 0.05) is 6.04 Å². The number of nitrogens with zero attached hydrogens (tertiary/aromatic N) is 1. The molecule has 0 aliphatic heterocycles. The lowest BCUT2D eigenvalue weighted by Crippen LogP contribution is -2.33. The number of amides is 1. The average Bonchev–Trinajstić information content (AvgIpc) is 3.10. The highest BCUT2D eigenvalue weighted by molar-refractivity contribution is 9.11. The zero-order valence-electron chi connectivity index (χ0n) is 10.7. The van der Waals surface area contributed by atoms with Gasteiger partial charge in [-0.25, -0.2) is 0 Å². The van der Waals surface area contributed by atoms with Crippen molar-refractivity contribution < 1.29 is 9.32 Å². The molecule has 2 aromatic rings. The number of thiophene rings is 1. The molecule has 106 valence electrons. The maximum absolute atomic E-state index is 12.4. The van der Waals surface area contributed by atoms with Gasteiger partial charge in [0.2, 0.25) is 5.88 Å².